The quantitative estimate of drug-likeness (QED) is 0.925. The van der Waals surface area contributed by atoms with Gasteiger partial charge in [-0.2, -0.15) is 0 Å². The van der Waals surface area contributed by atoms with Crippen molar-refractivity contribution >= 4 is 23.2 Å². The number of hydrogen-bond acceptors (Lipinski definition) is 5. The number of urea groups is 1. The Morgan fingerprint density at radius 3 is 2.79 bits per heavy atom. The maximum absolute atomic E-state index is 12.3. The summed E-state index contributed by atoms with van der Waals surface area (Å²) in [7, 11) is 0. The lowest BCUT2D eigenvalue weighted by molar-refractivity contribution is 0.194. The monoisotopic (exact) mass is 345 g/mol. The van der Waals surface area contributed by atoms with Crippen LogP contribution >= 0.6 is 11.3 Å². The molecule has 1 atom stereocenters. The summed E-state index contributed by atoms with van der Waals surface area (Å²) in [5, 5.41) is 5.12. The van der Waals surface area contributed by atoms with Gasteiger partial charge in [0.25, 0.3) is 0 Å². The zero-order chi connectivity index (χ0) is 16.9. The molecule has 2 aromatic rings. The molecule has 0 unspecified atom stereocenters. The van der Waals surface area contributed by atoms with Gasteiger partial charge in [0.05, 0.1) is 0 Å². The van der Waals surface area contributed by atoms with Crippen LogP contribution in [-0.4, -0.2) is 53.6 Å². The van der Waals surface area contributed by atoms with Crippen LogP contribution in [0.1, 0.15) is 23.5 Å². The van der Waals surface area contributed by atoms with E-state index in [1.165, 1.54) is 4.88 Å². The van der Waals surface area contributed by atoms with E-state index in [1.807, 2.05) is 24.0 Å². The second kappa shape index (κ2) is 7.61. The Hall–Kier alpha value is -2.15. The number of aryl methyl sites for hydroxylation is 1. The number of amides is 2. The Bertz CT molecular complexity index is 667. The molecule has 6 nitrogen and oxygen atoms in total. The lowest BCUT2D eigenvalue weighted by atomic mass is 10.1. The van der Waals surface area contributed by atoms with Gasteiger partial charge in [-0.05, 0) is 24.4 Å². The lowest BCUT2D eigenvalue weighted by Crippen LogP contribution is -2.52. The average Bonchev–Trinajstić information content (AvgIpc) is 3.14. The van der Waals surface area contributed by atoms with Gasteiger partial charge < -0.3 is 15.1 Å². The molecule has 24 heavy (non-hydrogen) atoms. The van der Waals surface area contributed by atoms with Crippen LogP contribution < -0.4 is 10.2 Å². The van der Waals surface area contributed by atoms with E-state index in [0.717, 1.165) is 24.7 Å². The summed E-state index contributed by atoms with van der Waals surface area (Å²) >= 11 is 1.73. The molecule has 3 rings (SSSR count). The summed E-state index contributed by atoms with van der Waals surface area (Å²) < 4.78 is 0. The van der Waals surface area contributed by atoms with Crippen LogP contribution in [0, 0.1) is 6.92 Å². The van der Waals surface area contributed by atoms with Crippen molar-refractivity contribution in [1.29, 1.82) is 0 Å². The first-order valence-electron chi connectivity index (χ1n) is 8.24. The smallest absolute Gasteiger partial charge is 0.317 e. The Balaban J connectivity index is 1.46. The molecule has 1 aliphatic heterocycles. The normalized spacial score (nSPS) is 16.1. The molecular weight excluding hydrogens is 322 g/mol. The first-order valence-corrected chi connectivity index (χ1v) is 9.12. The highest BCUT2D eigenvalue weighted by atomic mass is 32.1. The molecule has 128 valence electrons. The predicted octanol–water partition coefficient (Wildman–Crippen LogP) is 2.48. The second-order valence-electron chi connectivity index (χ2n) is 6.04. The number of hydrogen-bond donors (Lipinski definition) is 1. The number of aromatic nitrogens is 2. The van der Waals surface area contributed by atoms with E-state index in [-0.39, 0.29) is 6.03 Å². The highest BCUT2D eigenvalue weighted by Crippen LogP contribution is 2.20. The molecule has 2 amide bonds. The van der Waals surface area contributed by atoms with Crippen LogP contribution in [0.3, 0.4) is 0 Å². The van der Waals surface area contributed by atoms with Crippen LogP contribution in [0.2, 0.25) is 0 Å². The van der Waals surface area contributed by atoms with Gasteiger partial charge in [-0.25, -0.2) is 14.8 Å². The number of rotatable bonds is 4. The van der Waals surface area contributed by atoms with Crippen molar-refractivity contribution < 1.29 is 4.79 Å². The van der Waals surface area contributed by atoms with E-state index in [1.54, 1.807) is 17.5 Å². The van der Waals surface area contributed by atoms with Crippen molar-refractivity contribution in [2.75, 3.05) is 37.6 Å². The van der Waals surface area contributed by atoms with Gasteiger partial charge in [0.15, 0.2) is 0 Å². The molecule has 1 saturated heterocycles. The molecule has 0 spiro atoms. The summed E-state index contributed by atoms with van der Waals surface area (Å²) in [5.74, 6) is 2.06. The topological polar surface area (TPSA) is 61.4 Å². The summed E-state index contributed by atoms with van der Waals surface area (Å²) in [6, 6.07) is 6.11. The Morgan fingerprint density at radius 2 is 2.12 bits per heavy atom. The summed E-state index contributed by atoms with van der Waals surface area (Å²) in [6.45, 7) is 7.72. The molecule has 3 heterocycles. The van der Waals surface area contributed by atoms with Crippen LogP contribution in [0.4, 0.5) is 10.6 Å². The third kappa shape index (κ3) is 4.03. The van der Waals surface area contributed by atoms with Crippen LogP contribution in [0.15, 0.2) is 29.8 Å². The minimum atomic E-state index is 0.0249. The number of anilines is 1. The largest absolute Gasteiger partial charge is 0.353 e. The second-order valence-corrected chi connectivity index (χ2v) is 7.02. The fraction of sp³-hybridized carbons (Fsp3) is 0.471. The van der Waals surface area contributed by atoms with Crippen molar-refractivity contribution in [3.05, 3.63) is 40.5 Å². The third-order valence-electron chi connectivity index (χ3n) is 4.24. The highest BCUT2D eigenvalue weighted by molar-refractivity contribution is 7.10. The molecule has 0 bridgehead atoms. The molecule has 1 aliphatic rings. The zero-order valence-corrected chi connectivity index (χ0v) is 14.9. The Kier molecular flexibility index (Phi) is 5.30. The van der Waals surface area contributed by atoms with Gasteiger partial charge in [-0.1, -0.05) is 13.0 Å². The summed E-state index contributed by atoms with van der Waals surface area (Å²) in [4.78, 5) is 26.3. The van der Waals surface area contributed by atoms with E-state index in [0.29, 0.717) is 25.6 Å². The molecule has 7 heteroatoms. The summed E-state index contributed by atoms with van der Waals surface area (Å²) in [6.07, 6.45) is 1.78. The van der Waals surface area contributed by atoms with E-state index < -0.39 is 0 Å². The van der Waals surface area contributed by atoms with Gasteiger partial charge in [-0.15, -0.1) is 11.3 Å². The van der Waals surface area contributed by atoms with Crippen molar-refractivity contribution in [2.24, 2.45) is 0 Å². The van der Waals surface area contributed by atoms with E-state index >= 15 is 0 Å². The number of carbonyl (C=O) groups is 1. The fourth-order valence-corrected chi connectivity index (χ4v) is 3.57. The molecule has 2 aromatic heterocycles. The molecule has 0 saturated carbocycles. The van der Waals surface area contributed by atoms with E-state index in [9.17, 15) is 4.79 Å². The highest BCUT2D eigenvalue weighted by Gasteiger charge is 2.22. The number of nitrogens with zero attached hydrogens (tertiary/aromatic N) is 4. The Labute approximate surface area is 146 Å². The Morgan fingerprint density at radius 1 is 1.33 bits per heavy atom. The van der Waals surface area contributed by atoms with Gasteiger partial charge in [0.2, 0.25) is 0 Å². The minimum Gasteiger partial charge on any atom is -0.353 e. The lowest BCUT2D eigenvalue weighted by Gasteiger charge is -2.35. The van der Waals surface area contributed by atoms with E-state index in [2.05, 4.69) is 38.6 Å². The van der Waals surface area contributed by atoms with Crippen molar-refractivity contribution in [2.45, 2.75) is 19.8 Å². The number of thiophene rings is 1. The number of piperazine rings is 1. The molecule has 0 radical (unpaired) electrons. The number of carbonyl (C=O) groups excluding carboxylic acids is 1. The molecule has 0 aromatic carbocycles. The van der Waals surface area contributed by atoms with E-state index in [4.69, 9.17) is 0 Å². The SMILES string of the molecule is Cc1nccc(N2CCN(C(=O)NC[C@H](C)c3cccs3)CC2)n1. The van der Waals surface area contributed by atoms with Crippen molar-refractivity contribution in [1.82, 2.24) is 20.2 Å². The van der Waals surface area contributed by atoms with Crippen molar-refractivity contribution in [3.63, 3.8) is 0 Å². The fourth-order valence-electron chi connectivity index (χ4n) is 2.78. The minimum absolute atomic E-state index is 0.0249. The maximum atomic E-state index is 12.3. The molecule has 0 aliphatic carbocycles. The van der Waals surface area contributed by atoms with Crippen LogP contribution in [0.5, 0.6) is 0 Å². The van der Waals surface area contributed by atoms with Gasteiger partial charge in [0.1, 0.15) is 11.6 Å². The van der Waals surface area contributed by atoms with Crippen LogP contribution in [0.25, 0.3) is 0 Å². The van der Waals surface area contributed by atoms with Gasteiger partial charge in [0, 0.05) is 49.7 Å². The standard InChI is InChI=1S/C17H23N5OS/c1-13(15-4-3-11-24-15)12-19-17(23)22-9-7-21(8-10-22)16-5-6-18-14(2)20-16/h3-6,11,13H,7-10,12H2,1-2H3,(H,19,23)/t13-/m0/s1. The summed E-state index contributed by atoms with van der Waals surface area (Å²) in [5.41, 5.74) is 0. The third-order valence-corrected chi connectivity index (χ3v) is 5.34. The van der Waals surface area contributed by atoms with Crippen LogP contribution in [-0.2, 0) is 0 Å². The molecule has 1 N–H and O–H groups in total. The predicted molar refractivity (Wildman–Crippen MR) is 96.7 cm³/mol. The molecule has 1 fully saturated rings. The van der Waals surface area contributed by atoms with Gasteiger partial charge >= 0.3 is 6.03 Å². The van der Waals surface area contributed by atoms with Gasteiger partial charge in [-0.3, -0.25) is 0 Å². The number of nitrogens with one attached hydrogen (secondary N) is 1. The maximum Gasteiger partial charge on any atom is 0.317 e. The zero-order valence-electron chi connectivity index (χ0n) is 14.1. The first kappa shape index (κ1) is 16.7. The molecular formula is C17H23N5OS. The van der Waals surface area contributed by atoms with Crippen molar-refractivity contribution in [3.8, 4) is 0 Å². The average molecular weight is 345 g/mol. The first-order chi connectivity index (χ1) is 11.6.